The van der Waals surface area contributed by atoms with Crippen molar-refractivity contribution in [3.63, 3.8) is 0 Å². The first-order valence-electron chi connectivity index (χ1n) is 16.0. The first-order valence-corrected chi connectivity index (χ1v) is 17.4. The zero-order chi connectivity index (χ0) is 32.9. The maximum absolute atomic E-state index is 14.0. The highest BCUT2D eigenvalue weighted by atomic mass is 32.3. The first-order chi connectivity index (χ1) is 20.9. The van der Waals surface area contributed by atoms with Crippen molar-refractivity contribution in [1.29, 1.82) is 0 Å². The van der Waals surface area contributed by atoms with Gasteiger partial charge >= 0.3 is 28.3 Å². The number of epoxide rings is 1. The average molecular weight is 653 g/mol. The third-order valence-corrected chi connectivity index (χ3v) is 13.2. The number of cyclic esters (lactones) is 1. The molecule has 6 aliphatic rings. The molecular weight excluding hydrogens is 608 g/mol. The van der Waals surface area contributed by atoms with Gasteiger partial charge in [0.05, 0.1) is 17.1 Å². The molecule has 4 saturated carbocycles. The van der Waals surface area contributed by atoms with Gasteiger partial charge in [0.15, 0.2) is 6.10 Å². The Bertz CT molecular complexity index is 1450. The smallest absolute Gasteiger partial charge is 0.397 e. The number of ether oxygens (including phenoxy) is 4. The number of fused-ring (bicyclic) bond motifs is 4. The molecule has 45 heavy (non-hydrogen) atoms. The molecule has 0 radical (unpaired) electrons. The molecule has 0 bridgehead atoms. The summed E-state index contributed by atoms with van der Waals surface area (Å²) in [4.78, 5) is 50.4. The average Bonchev–Trinajstić information content (AvgIpc) is 3.55. The highest BCUT2D eigenvalue weighted by Gasteiger charge is 2.83. The van der Waals surface area contributed by atoms with Crippen LogP contribution in [0.4, 0.5) is 0 Å². The lowest BCUT2D eigenvalue weighted by atomic mass is 9.43. The zero-order valence-corrected chi connectivity index (χ0v) is 27.5. The minimum Gasteiger partial charge on any atom is -0.461 e. The lowest BCUT2D eigenvalue weighted by Gasteiger charge is -2.59. The molecule has 250 valence electrons. The van der Waals surface area contributed by atoms with Gasteiger partial charge in [-0.25, -0.2) is 8.98 Å². The molecule has 0 aromatic heterocycles. The van der Waals surface area contributed by atoms with E-state index in [9.17, 15) is 32.1 Å². The fraction of sp³-hybridized carbons (Fsp3) is 0.812. The number of Topliss-reactive ketones (excluding diaryl/α,β-unsaturated/α-hetero) is 1. The van der Waals surface area contributed by atoms with Gasteiger partial charge in [-0.05, 0) is 81.0 Å². The van der Waals surface area contributed by atoms with E-state index in [1.807, 2.05) is 13.8 Å². The molecule has 12 atom stereocenters. The van der Waals surface area contributed by atoms with Gasteiger partial charge in [-0.15, -0.1) is 0 Å². The van der Waals surface area contributed by atoms with E-state index < -0.39 is 57.6 Å². The maximum Gasteiger partial charge on any atom is 0.397 e. The Morgan fingerprint density at radius 1 is 1.07 bits per heavy atom. The molecule has 5 fully saturated rings. The summed E-state index contributed by atoms with van der Waals surface area (Å²) in [6, 6.07) is 0. The molecule has 12 nitrogen and oxygen atoms in total. The van der Waals surface area contributed by atoms with E-state index in [1.165, 1.54) is 13.8 Å². The van der Waals surface area contributed by atoms with Crippen LogP contribution < -0.4 is 0 Å². The van der Waals surface area contributed by atoms with Crippen molar-refractivity contribution < 1.29 is 55.3 Å². The van der Waals surface area contributed by atoms with Crippen LogP contribution in [0.1, 0.15) is 86.5 Å². The van der Waals surface area contributed by atoms with Crippen LogP contribution in [0.25, 0.3) is 0 Å². The summed E-state index contributed by atoms with van der Waals surface area (Å²) in [5.74, 6) is -0.974. The normalized spacial score (nSPS) is 44.5. The monoisotopic (exact) mass is 652 g/mol. The van der Waals surface area contributed by atoms with E-state index in [0.717, 1.165) is 31.3 Å². The Balaban J connectivity index is 1.24. The fourth-order valence-corrected chi connectivity index (χ4v) is 11.2. The summed E-state index contributed by atoms with van der Waals surface area (Å²) in [5.41, 5.74) is -1.01. The highest BCUT2D eigenvalue weighted by molar-refractivity contribution is 7.80. The van der Waals surface area contributed by atoms with E-state index in [0.29, 0.717) is 24.3 Å². The van der Waals surface area contributed by atoms with Gasteiger partial charge in [0.1, 0.15) is 30.2 Å². The van der Waals surface area contributed by atoms with E-state index in [-0.39, 0.29) is 54.0 Å². The first kappa shape index (κ1) is 32.6. The molecule has 0 aromatic carbocycles. The SMILES string of the molecule is CC(=O)OCC1=C(C)C[C@H]([C@@H](C)[C@H]2CC[C@H]3[C@@H]4C[C@H]5O[C@]56[C@@H](OC(C)=O)[C@@H](OS(=O)(=O)O)CC(=O)[C@]6(C)[C@H]4CC[C@]23C)OC1=O. The Morgan fingerprint density at radius 2 is 1.78 bits per heavy atom. The second kappa shape index (κ2) is 10.8. The molecule has 2 heterocycles. The largest absolute Gasteiger partial charge is 0.461 e. The van der Waals surface area contributed by atoms with Crippen molar-refractivity contribution >= 4 is 34.1 Å². The van der Waals surface area contributed by atoms with E-state index in [2.05, 4.69) is 13.8 Å². The van der Waals surface area contributed by atoms with Crippen LogP contribution in [0.3, 0.4) is 0 Å². The van der Waals surface area contributed by atoms with E-state index >= 15 is 0 Å². The lowest BCUT2D eigenvalue weighted by Crippen LogP contribution is -2.69. The number of ketones is 1. The third kappa shape index (κ3) is 4.98. The van der Waals surface area contributed by atoms with Crippen molar-refractivity contribution in [2.24, 2.45) is 40.4 Å². The molecule has 0 unspecified atom stereocenters. The Hall–Kier alpha value is -2.35. The third-order valence-electron chi connectivity index (χ3n) is 12.7. The number of rotatable bonds is 7. The standard InChI is InChI=1S/C32H44O12S/c1-15-11-24(42-29(36)20(15)14-40-17(3)33)16(2)21-7-8-22-19-12-27-32(43-27)28(41-18(4)34)25(44-45(37,38)39)13-26(35)31(32,6)23(19)9-10-30(21,22)5/h16,19,21-25,27-28H,7-14H2,1-6H3,(H,37,38,39)/t16-,19-,21+,22-,23-,24+,25-,27+,28-,30+,31-,32-/m0/s1. The van der Waals surface area contributed by atoms with Gasteiger partial charge in [-0.3, -0.25) is 18.9 Å². The van der Waals surface area contributed by atoms with Gasteiger partial charge in [0.2, 0.25) is 0 Å². The molecule has 1 saturated heterocycles. The van der Waals surface area contributed by atoms with Gasteiger partial charge < -0.3 is 18.9 Å². The molecule has 6 rings (SSSR count). The Kier molecular flexibility index (Phi) is 7.86. The van der Waals surface area contributed by atoms with Gasteiger partial charge in [-0.1, -0.05) is 19.4 Å². The minimum absolute atomic E-state index is 0.0580. The highest BCUT2D eigenvalue weighted by Crippen LogP contribution is 2.74. The fourth-order valence-electron chi connectivity index (χ4n) is 10.7. The quantitative estimate of drug-likeness (QED) is 0.184. The molecule has 1 spiro atoms. The van der Waals surface area contributed by atoms with Crippen molar-refractivity contribution in [1.82, 2.24) is 0 Å². The van der Waals surface area contributed by atoms with Gasteiger partial charge in [-0.2, -0.15) is 8.42 Å². The molecular formula is C32H44O12S. The van der Waals surface area contributed by atoms with Crippen molar-refractivity contribution in [3.8, 4) is 0 Å². The van der Waals surface area contributed by atoms with Gasteiger partial charge in [0.25, 0.3) is 0 Å². The Labute approximate surface area is 263 Å². The van der Waals surface area contributed by atoms with Crippen LogP contribution in [-0.2, 0) is 52.7 Å². The predicted octanol–water partition coefficient (Wildman–Crippen LogP) is 3.52. The number of hydrogen-bond donors (Lipinski definition) is 1. The second-order valence-corrected chi connectivity index (χ2v) is 15.8. The van der Waals surface area contributed by atoms with Crippen LogP contribution in [0.5, 0.6) is 0 Å². The molecule has 2 aliphatic heterocycles. The van der Waals surface area contributed by atoms with Crippen LogP contribution in [0, 0.1) is 40.4 Å². The molecule has 4 aliphatic carbocycles. The van der Waals surface area contributed by atoms with Crippen LogP contribution in [0.2, 0.25) is 0 Å². The van der Waals surface area contributed by atoms with Crippen LogP contribution >= 0.6 is 0 Å². The molecule has 0 aromatic rings. The van der Waals surface area contributed by atoms with Gasteiger partial charge in [0, 0.05) is 26.7 Å². The number of carbonyl (C=O) groups excluding carboxylic acids is 4. The summed E-state index contributed by atoms with van der Waals surface area (Å²) in [6.07, 6.45) is 1.19. The summed E-state index contributed by atoms with van der Waals surface area (Å²) in [7, 11) is -4.92. The number of hydrogen-bond acceptors (Lipinski definition) is 11. The van der Waals surface area contributed by atoms with Crippen molar-refractivity contribution in [2.45, 2.75) is 117 Å². The van der Waals surface area contributed by atoms with Crippen LogP contribution in [0.15, 0.2) is 11.1 Å². The van der Waals surface area contributed by atoms with E-state index in [1.54, 1.807) is 0 Å². The number of esters is 3. The summed E-state index contributed by atoms with van der Waals surface area (Å²) >= 11 is 0. The molecule has 0 amide bonds. The number of carbonyl (C=O) groups is 4. The van der Waals surface area contributed by atoms with Crippen molar-refractivity contribution in [2.75, 3.05) is 6.61 Å². The topological polar surface area (TPSA) is 172 Å². The summed E-state index contributed by atoms with van der Waals surface area (Å²) in [5, 5.41) is 0. The molecule has 1 N–H and O–H groups in total. The lowest BCUT2D eigenvalue weighted by molar-refractivity contribution is -0.192. The summed E-state index contributed by atoms with van der Waals surface area (Å²) < 4.78 is 60.7. The van der Waals surface area contributed by atoms with Crippen molar-refractivity contribution in [3.05, 3.63) is 11.1 Å². The summed E-state index contributed by atoms with van der Waals surface area (Å²) in [6.45, 7) is 10.7. The Morgan fingerprint density at radius 3 is 2.40 bits per heavy atom. The predicted molar refractivity (Wildman–Crippen MR) is 155 cm³/mol. The second-order valence-electron chi connectivity index (χ2n) is 14.7. The van der Waals surface area contributed by atoms with E-state index in [4.69, 9.17) is 23.1 Å². The molecule has 13 heteroatoms. The minimum atomic E-state index is -4.92. The van der Waals surface area contributed by atoms with Crippen LogP contribution in [-0.4, -0.2) is 73.3 Å². The zero-order valence-electron chi connectivity index (χ0n) is 26.7. The maximum atomic E-state index is 14.0.